The summed E-state index contributed by atoms with van der Waals surface area (Å²) < 4.78 is 8.37. The van der Waals surface area contributed by atoms with E-state index < -0.39 is 0 Å². The van der Waals surface area contributed by atoms with E-state index >= 15 is 0 Å². The number of hydrogen-bond acceptors (Lipinski definition) is 3. The Kier molecular flexibility index (Phi) is 6.51. The van der Waals surface area contributed by atoms with Gasteiger partial charge in [0, 0.05) is 12.6 Å². The summed E-state index contributed by atoms with van der Waals surface area (Å²) in [6.07, 6.45) is 7.83. The highest BCUT2D eigenvalue weighted by Gasteiger charge is 2.27. The molecule has 1 aromatic carbocycles. The van der Waals surface area contributed by atoms with Gasteiger partial charge in [-0.25, -0.2) is 4.68 Å². The van der Waals surface area contributed by atoms with Crippen molar-refractivity contribution >= 4 is 0 Å². The van der Waals surface area contributed by atoms with E-state index in [2.05, 4.69) is 47.3 Å². The minimum absolute atomic E-state index is 0.441. The molecule has 0 radical (unpaired) electrons. The maximum Gasteiger partial charge on any atom is 0.212 e. The lowest BCUT2D eigenvalue weighted by molar-refractivity contribution is 0.194. The third-order valence-electron chi connectivity index (χ3n) is 5.27. The summed E-state index contributed by atoms with van der Waals surface area (Å²) in [5.74, 6) is 1.63. The van der Waals surface area contributed by atoms with Gasteiger partial charge in [-0.05, 0) is 37.8 Å². The number of nitrogens with zero attached hydrogens (tertiary/aromatic N) is 2. The Hall–Kier alpha value is -1.81. The maximum atomic E-state index is 6.20. The largest absolute Gasteiger partial charge is 0.473 e. The molecular weight excluding hydrogens is 310 g/mol. The topological polar surface area (TPSA) is 39.1 Å². The molecule has 1 unspecified atom stereocenters. The Bertz CT molecular complexity index is 632. The van der Waals surface area contributed by atoms with E-state index in [1.807, 2.05) is 13.1 Å². The predicted molar refractivity (Wildman–Crippen MR) is 102 cm³/mol. The number of ether oxygens (including phenoxy) is 1. The van der Waals surface area contributed by atoms with Gasteiger partial charge in [-0.3, -0.25) is 0 Å². The second-order valence-corrected chi connectivity index (χ2v) is 7.10. The second-order valence-electron chi connectivity index (χ2n) is 7.10. The Morgan fingerprint density at radius 1 is 1.20 bits per heavy atom. The summed E-state index contributed by atoms with van der Waals surface area (Å²) in [5, 5.41) is 8.09. The van der Waals surface area contributed by atoms with Gasteiger partial charge in [0.25, 0.3) is 0 Å². The highest BCUT2D eigenvalue weighted by molar-refractivity contribution is 5.19. The van der Waals surface area contributed by atoms with Crippen LogP contribution in [0.4, 0.5) is 0 Å². The molecule has 136 valence electrons. The first-order chi connectivity index (χ1) is 12.3. The molecule has 4 heteroatoms. The smallest absolute Gasteiger partial charge is 0.212 e. The fourth-order valence-electron chi connectivity index (χ4n) is 3.99. The fourth-order valence-corrected chi connectivity index (χ4v) is 3.99. The number of aromatic nitrogens is 2. The van der Waals surface area contributed by atoms with Crippen molar-refractivity contribution < 1.29 is 4.74 Å². The van der Waals surface area contributed by atoms with E-state index in [-0.39, 0.29) is 0 Å². The molecule has 1 aliphatic carbocycles. The van der Waals surface area contributed by atoms with E-state index in [0.29, 0.717) is 12.6 Å². The minimum atomic E-state index is 0.441. The molecule has 0 bridgehead atoms. The molecule has 1 N–H and O–H groups in total. The van der Waals surface area contributed by atoms with Crippen LogP contribution < -0.4 is 10.1 Å². The Balaban J connectivity index is 1.80. The zero-order chi connectivity index (χ0) is 17.5. The van der Waals surface area contributed by atoms with Gasteiger partial charge in [0.05, 0.1) is 11.7 Å². The zero-order valence-corrected chi connectivity index (χ0v) is 15.6. The van der Waals surface area contributed by atoms with Crippen molar-refractivity contribution in [2.24, 2.45) is 5.92 Å². The maximum absolute atomic E-state index is 6.20. The standard InChI is InChI=1S/C21H31N3O/c1-3-20(18-12-8-5-9-13-18)24-21(14-19(23-24)15-22-2)25-16-17-10-6-4-7-11-17/h4,6-7,10-11,14,18,20,22H,3,5,8-9,12-13,15-16H2,1-2H3. The van der Waals surface area contributed by atoms with E-state index in [4.69, 9.17) is 9.84 Å². The third kappa shape index (κ3) is 4.63. The summed E-state index contributed by atoms with van der Waals surface area (Å²) in [4.78, 5) is 0. The van der Waals surface area contributed by atoms with E-state index in [0.717, 1.165) is 30.5 Å². The van der Waals surface area contributed by atoms with Crippen molar-refractivity contribution in [3.05, 3.63) is 47.7 Å². The van der Waals surface area contributed by atoms with Gasteiger partial charge in [-0.15, -0.1) is 0 Å². The first kappa shape index (κ1) is 18.0. The van der Waals surface area contributed by atoms with Crippen LogP contribution in [-0.2, 0) is 13.2 Å². The first-order valence-electron chi connectivity index (χ1n) is 9.71. The number of hydrogen-bond donors (Lipinski definition) is 1. The van der Waals surface area contributed by atoms with Crippen LogP contribution in [0.15, 0.2) is 36.4 Å². The van der Waals surface area contributed by atoms with Crippen molar-refractivity contribution in [2.45, 2.75) is 64.6 Å². The average molecular weight is 341 g/mol. The second kappa shape index (κ2) is 9.04. The van der Waals surface area contributed by atoms with Crippen molar-refractivity contribution in [2.75, 3.05) is 7.05 Å². The van der Waals surface area contributed by atoms with Crippen molar-refractivity contribution in [1.29, 1.82) is 0 Å². The monoisotopic (exact) mass is 341 g/mol. The molecule has 1 aromatic heterocycles. The molecule has 3 rings (SSSR count). The Morgan fingerprint density at radius 3 is 2.64 bits per heavy atom. The summed E-state index contributed by atoms with van der Waals surface area (Å²) >= 11 is 0. The molecule has 25 heavy (non-hydrogen) atoms. The van der Waals surface area contributed by atoms with Gasteiger partial charge in [0.1, 0.15) is 6.61 Å². The zero-order valence-electron chi connectivity index (χ0n) is 15.6. The van der Waals surface area contributed by atoms with Crippen LogP contribution >= 0.6 is 0 Å². The van der Waals surface area contributed by atoms with Gasteiger partial charge in [0.15, 0.2) is 0 Å². The average Bonchev–Trinajstić information content (AvgIpc) is 3.05. The lowest BCUT2D eigenvalue weighted by Crippen LogP contribution is -2.23. The van der Waals surface area contributed by atoms with Crippen LogP contribution in [0.2, 0.25) is 0 Å². The van der Waals surface area contributed by atoms with Crippen molar-refractivity contribution in [3.8, 4) is 5.88 Å². The van der Waals surface area contributed by atoms with E-state index in [9.17, 15) is 0 Å². The van der Waals surface area contributed by atoms with Gasteiger partial charge < -0.3 is 10.1 Å². The number of rotatable bonds is 8. The Labute approximate surface area is 151 Å². The van der Waals surface area contributed by atoms with E-state index in [1.54, 1.807) is 0 Å². The van der Waals surface area contributed by atoms with Crippen LogP contribution in [0, 0.1) is 5.92 Å². The van der Waals surface area contributed by atoms with Gasteiger partial charge >= 0.3 is 0 Å². The van der Waals surface area contributed by atoms with Crippen LogP contribution in [0.5, 0.6) is 5.88 Å². The summed E-state index contributed by atoms with van der Waals surface area (Å²) in [5.41, 5.74) is 2.25. The summed E-state index contributed by atoms with van der Waals surface area (Å²) in [7, 11) is 1.96. The number of benzene rings is 1. The lowest BCUT2D eigenvalue weighted by atomic mass is 9.83. The molecule has 1 fully saturated rings. The normalized spacial score (nSPS) is 16.7. The highest BCUT2D eigenvalue weighted by Crippen LogP contribution is 2.37. The summed E-state index contributed by atoms with van der Waals surface area (Å²) in [6.45, 7) is 3.64. The first-order valence-corrected chi connectivity index (χ1v) is 9.71. The summed E-state index contributed by atoms with van der Waals surface area (Å²) in [6, 6.07) is 12.9. The molecule has 4 nitrogen and oxygen atoms in total. The molecule has 1 saturated carbocycles. The van der Waals surface area contributed by atoms with Crippen LogP contribution in [0.3, 0.4) is 0 Å². The van der Waals surface area contributed by atoms with E-state index in [1.165, 1.54) is 37.7 Å². The quantitative estimate of drug-likeness (QED) is 0.755. The number of nitrogens with one attached hydrogen (secondary N) is 1. The van der Waals surface area contributed by atoms with Crippen molar-refractivity contribution in [1.82, 2.24) is 15.1 Å². The van der Waals surface area contributed by atoms with Gasteiger partial charge in [0.2, 0.25) is 5.88 Å². The Morgan fingerprint density at radius 2 is 1.96 bits per heavy atom. The molecule has 1 heterocycles. The van der Waals surface area contributed by atoms with Crippen LogP contribution in [0.25, 0.3) is 0 Å². The van der Waals surface area contributed by atoms with Crippen molar-refractivity contribution in [3.63, 3.8) is 0 Å². The SMILES string of the molecule is CCC(C1CCCCC1)n1nc(CNC)cc1OCc1ccccc1. The molecule has 0 spiro atoms. The van der Waals surface area contributed by atoms with Crippen LogP contribution in [0.1, 0.15) is 62.7 Å². The lowest BCUT2D eigenvalue weighted by Gasteiger charge is -2.30. The van der Waals surface area contributed by atoms with Gasteiger partial charge in [-0.2, -0.15) is 5.10 Å². The molecule has 0 amide bonds. The minimum Gasteiger partial charge on any atom is -0.473 e. The van der Waals surface area contributed by atoms with Gasteiger partial charge in [-0.1, -0.05) is 56.5 Å². The molecule has 1 atom stereocenters. The molecule has 0 saturated heterocycles. The molecule has 2 aromatic rings. The highest BCUT2D eigenvalue weighted by atomic mass is 16.5. The molecule has 1 aliphatic rings. The molecule has 0 aliphatic heterocycles. The fraction of sp³-hybridized carbons (Fsp3) is 0.571. The molecular formula is C21H31N3O. The predicted octanol–water partition coefficient (Wildman–Crippen LogP) is 4.71. The third-order valence-corrected chi connectivity index (χ3v) is 5.27. The van der Waals surface area contributed by atoms with Crippen LogP contribution in [-0.4, -0.2) is 16.8 Å².